The smallest absolute Gasteiger partial charge is 0.155 e. The first-order valence-corrected chi connectivity index (χ1v) is 4.01. The van der Waals surface area contributed by atoms with Crippen LogP contribution in [0.5, 0.6) is 0 Å². The van der Waals surface area contributed by atoms with Crippen molar-refractivity contribution in [2.75, 3.05) is 18.9 Å². The van der Waals surface area contributed by atoms with E-state index in [0.717, 1.165) is 11.0 Å². The van der Waals surface area contributed by atoms with Crippen LogP contribution in [0.4, 0.5) is 5.69 Å². The lowest BCUT2D eigenvalue weighted by molar-refractivity contribution is 0.0825. The van der Waals surface area contributed by atoms with Crippen molar-refractivity contribution in [1.82, 2.24) is 9.71 Å². The molecule has 2 aromatic heterocycles. The molecule has 0 saturated heterocycles. The SMILES string of the molecule is Nc1cn(OCCO)c2[nH]ccc12. The normalized spacial score (nSPS) is 10.8. The van der Waals surface area contributed by atoms with Crippen LogP contribution in [0, 0.1) is 0 Å². The number of aromatic amines is 1. The van der Waals surface area contributed by atoms with Gasteiger partial charge in [0, 0.05) is 11.6 Å². The third kappa shape index (κ3) is 1.23. The van der Waals surface area contributed by atoms with Crippen molar-refractivity contribution in [3.8, 4) is 0 Å². The summed E-state index contributed by atoms with van der Waals surface area (Å²) >= 11 is 0. The van der Waals surface area contributed by atoms with Gasteiger partial charge in [0.1, 0.15) is 6.61 Å². The fourth-order valence-corrected chi connectivity index (χ4v) is 1.28. The molecule has 0 amide bonds. The number of hydrogen-bond donors (Lipinski definition) is 3. The van der Waals surface area contributed by atoms with Crippen LogP contribution in [0.25, 0.3) is 11.0 Å². The topological polar surface area (TPSA) is 76.2 Å². The van der Waals surface area contributed by atoms with Crippen molar-refractivity contribution in [3.05, 3.63) is 18.5 Å². The Kier molecular flexibility index (Phi) is 1.86. The molecule has 2 rings (SSSR count). The molecule has 0 aromatic carbocycles. The molecule has 0 unspecified atom stereocenters. The summed E-state index contributed by atoms with van der Waals surface area (Å²) in [7, 11) is 0. The van der Waals surface area contributed by atoms with Crippen molar-refractivity contribution in [2.45, 2.75) is 0 Å². The molecule has 70 valence electrons. The molecule has 0 aliphatic heterocycles. The second-order valence-electron chi connectivity index (χ2n) is 2.71. The second kappa shape index (κ2) is 3.02. The summed E-state index contributed by atoms with van der Waals surface area (Å²) in [4.78, 5) is 8.20. The molecule has 2 aromatic rings. The molecule has 2 heterocycles. The van der Waals surface area contributed by atoms with Gasteiger partial charge in [0.2, 0.25) is 0 Å². The number of nitrogens with one attached hydrogen (secondary N) is 1. The second-order valence-corrected chi connectivity index (χ2v) is 2.71. The molecule has 0 fully saturated rings. The van der Waals surface area contributed by atoms with E-state index in [0.29, 0.717) is 5.69 Å². The minimum Gasteiger partial charge on any atom is -0.410 e. The van der Waals surface area contributed by atoms with Crippen molar-refractivity contribution < 1.29 is 9.94 Å². The van der Waals surface area contributed by atoms with Gasteiger partial charge in [-0.05, 0) is 6.07 Å². The summed E-state index contributed by atoms with van der Waals surface area (Å²) in [5.74, 6) is 0. The lowest BCUT2D eigenvalue weighted by Gasteiger charge is -2.03. The standard InChI is InChI=1S/C8H11N3O2/c9-7-5-11(13-4-3-12)8-6(7)1-2-10-8/h1-2,5,10,12H,3-4,9H2. The van der Waals surface area contributed by atoms with Gasteiger partial charge in [0.15, 0.2) is 5.65 Å². The van der Waals surface area contributed by atoms with Gasteiger partial charge >= 0.3 is 0 Å². The molecule has 5 heteroatoms. The lowest BCUT2D eigenvalue weighted by Crippen LogP contribution is -2.14. The zero-order valence-corrected chi connectivity index (χ0v) is 7.03. The minimum absolute atomic E-state index is 0.0136. The minimum atomic E-state index is -0.0136. The van der Waals surface area contributed by atoms with Gasteiger partial charge in [-0.3, -0.25) is 0 Å². The molecule has 0 aliphatic carbocycles. The number of aliphatic hydroxyl groups is 1. The van der Waals surface area contributed by atoms with Crippen LogP contribution >= 0.6 is 0 Å². The fraction of sp³-hybridized carbons (Fsp3) is 0.250. The van der Waals surface area contributed by atoms with E-state index in [-0.39, 0.29) is 13.2 Å². The molecule has 5 nitrogen and oxygen atoms in total. The van der Waals surface area contributed by atoms with Gasteiger partial charge in [-0.2, -0.15) is 4.73 Å². The van der Waals surface area contributed by atoms with E-state index < -0.39 is 0 Å². The molecular weight excluding hydrogens is 170 g/mol. The highest BCUT2D eigenvalue weighted by Crippen LogP contribution is 2.20. The predicted octanol–water partition coefficient (Wildman–Crippen LogP) is -0.0275. The maximum absolute atomic E-state index is 8.58. The van der Waals surface area contributed by atoms with Crippen LogP contribution in [-0.2, 0) is 0 Å². The summed E-state index contributed by atoms with van der Waals surface area (Å²) in [6.45, 7) is 0.239. The Hall–Kier alpha value is -1.62. The monoisotopic (exact) mass is 181 g/mol. The highest BCUT2D eigenvalue weighted by molar-refractivity contribution is 5.89. The molecule has 0 saturated carbocycles. The number of fused-ring (bicyclic) bond motifs is 1. The largest absolute Gasteiger partial charge is 0.410 e. The third-order valence-corrected chi connectivity index (χ3v) is 1.83. The fourth-order valence-electron chi connectivity index (χ4n) is 1.28. The van der Waals surface area contributed by atoms with Crippen LogP contribution in [-0.4, -0.2) is 28.0 Å². The van der Waals surface area contributed by atoms with Crippen LogP contribution < -0.4 is 10.6 Å². The highest BCUT2D eigenvalue weighted by Gasteiger charge is 2.06. The zero-order chi connectivity index (χ0) is 9.26. The Balaban J connectivity index is 2.38. The number of nitrogens with zero attached hydrogens (tertiary/aromatic N) is 1. The molecular formula is C8H11N3O2. The number of hydrogen-bond acceptors (Lipinski definition) is 3. The van der Waals surface area contributed by atoms with E-state index in [4.69, 9.17) is 15.7 Å². The van der Waals surface area contributed by atoms with E-state index in [1.165, 1.54) is 4.73 Å². The number of nitrogens with two attached hydrogens (primary N) is 1. The number of aromatic nitrogens is 2. The zero-order valence-electron chi connectivity index (χ0n) is 7.03. The quantitative estimate of drug-likeness (QED) is 0.622. The van der Waals surface area contributed by atoms with Gasteiger partial charge in [0.25, 0.3) is 0 Å². The van der Waals surface area contributed by atoms with Gasteiger partial charge in [-0.25, -0.2) is 0 Å². The van der Waals surface area contributed by atoms with E-state index >= 15 is 0 Å². The average molecular weight is 181 g/mol. The summed E-state index contributed by atoms with van der Waals surface area (Å²) in [5, 5.41) is 9.51. The van der Waals surface area contributed by atoms with Gasteiger partial charge in [0.05, 0.1) is 18.5 Å². The first kappa shape index (κ1) is 8.00. The highest BCUT2D eigenvalue weighted by atomic mass is 16.7. The van der Waals surface area contributed by atoms with Crippen LogP contribution in [0.1, 0.15) is 0 Å². The van der Waals surface area contributed by atoms with Crippen LogP contribution in [0.2, 0.25) is 0 Å². The predicted molar refractivity (Wildman–Crippen MR) is 49.2 cm³/mol. The number of rotatable bonds is 3. The van der Waals surface area contributed by atoms with Crippen LogP contribution in [0.15, 0.2) is 18.5 Å². The number of anilines is 1. The molecule has 13 heavy (non-hydrogen) atoms. The maximum atomic E-state index is 8.58. The molecule has 0 spiro atoms. The summed E-state index contributed by atoms with van der Waals surface area (Å²) in [6.07, 6.45) is 3.47. The first-order chi connectivity index (χ1) is 6.33. The van der Waals surface area contributed by atoms with E-state index in [1.54, 1.807) is 12.4 Å². The average Bonchev–Trinajstić information content (AvgIpc) is 2.67. The van der Waals surface area contributed by atoms with Crippen molar-refractivity contribution >= 4 is 16.7 Å². The summed E-state index contributed by atoms with van der Waals surface area (Å²) < 4.78 is 1.53. The van der Waals surface area contributed by atoms with Crippen molar-refractivity contribution in [1.29, 1.82) is 0 Å². The van der Waals surface area contributed by atoms with E-state index in [9.17, 15) is 0 Å². The number of H-pyrrole nitrogens is 1. The van der Waals surface area contributed by atoms with Gasteiger partial charge < -0.3 is 20.7 Å². The van der Waals surface area contributed by atoms with Crippen LogP contribution in [0.3, 0.4) is 0 Å². The van der Waals surface area contributed by atoms with Crippen molar-refractivity contribution in [2.24, 2.45) is 0 Å². The molecule has 0 radical (unpaired) electrons. The lowest BCUT2D eigenvalue weighted by atomic mass is 10.4. The van der Waals surface area contributed by atoms with E-state index in [2.05, 4.69) is 4.98 Å². The number of nitrogen functional groups attached to an aromatic ring is 1. The maximum Gasteiger partial charge on any atom is 0.155 e. The summed E-state index contributed by atoms with van der Waals surface area (Å²) in [6, 6.07) is 1.88. The van der Waals surface area contributed by atoms with E-state index in [1.807, 2.05) is 6.07 Å². The molecule has 0 aliphatic rings. The Morgan fingerprint density at radius 1 is 1.62 bits per heavy atom. The van der Waals surface area contributed by atoms with Gasteiger partial charge in [-0.1, -0.05) is 0 Å². The Morgan fingerprint density at radius 3 is 3.23 bits per heavy atom. The first-order valence-electron chi connectivity index (χ1n) is 4.01. The summed E-state index contributed by atoms with van der Waals surface area (Å²) in [5.41, 5.74) is 7.18. The molecule has 0 bridgehead atoms. The Bertz CT molecular complexity index is 404. The molecule has 0 atom stereocenters. The Morgan fingerprint density at radius 2 is 2.46 bits per heavy atom. The van der Waals surface area contributed by atoms with Gasteiger partial charge in [-0.15, -0.1) is 0 Å². The van der Waals surface area contributed by atoms with Crippen molar-refractivity contribution in [3.63, 3.8) is 0 Å². The number of aliphatic hydroxyl groups excluding tert-OH is 1. The molecule has 4 N–H and O–H groups in total. The Labute approximate surface area is 74.7 Å². The third-order valence-electron chi connectivity index (χ3n) is 1.83.